The molecular weight excluding hydrogens is 954 g/mol. The van der Waals surface area contributed by atoms with E-state index >= 15 is 0 Å². The summed E-state index contributed by atoms with van der Waals surface area (Å²) in [4.78, 5) is 72.9. The Labute approximate surface area is 395 Å². The zero-order valence-corrected chi connectivity index (χ0v) is 38.6. The number of hydrogen-bond donors (Lipinski definition) is 10. The highest BCUT2D eigenvalue weighted by Crippen LogP contribution is 2.31. The molecule has 2 aromatic rings. The minimum Gasteiger partial charge on any atom is -0.512 e. The zero-order valence-electron chi connectivity index (χ0n) is 35.6. The number of aryl methyl sites for hydroxylation is 2. The number of nitrogens with one attached hydrogen (secondary N) is 2. The smallest absolute Gasteiger partial charge is 0.349 e. The molecule has 6 rings (SSSR count). The third-order valence-electron chi connectivity index (χ3n) is 9.29. The molecule has 4 heterocycles. The van der Waals surface area contributed by atoms with Crippen LogP contribution in [0.3, 0.4) is 0 Å². The van der Waals surface area contributed by atoms with Crippen LogP contribution in [0.2, 0.25) is 0 Å². The van der Waals surface area contributed by atoms with E-state index in [4.69, 9.17) is 66.8 Å². The van der Waals surface area contributed by atoms with Crippen molar-refractivity contribution in [1.82, 2.24) is 39.0 Å². The number of anilines is 2. The van der Waals surface area contributed by atoms with E-state index in [-0.39, 0.29) is 36.1 Å². The molecule has 0 saturated heterocycles. The Balaban J connectivity index is 0.000000301. The van der Waals surface area contributed by atoms with E-state index in [2.05, 4.69) is 29.9 Å². The fourth-order valence-electron chi connectivity index (χ4n) is 6.57. The maximum atomic E-state index is 12.3. The van der Waals surface area contributed by atoms with E-state index in [0.717, 1.165) is 22.5 Å². The van der Waals surface area contributed by atoms with E-state index in [0.29, 0.717) is 96.8 Å². The van der Waals surface area contributed by atoms with Crippen molar-refractivity contribution in [2.24, 2.45) is 0 Å². The quantitative estimate of drug-likeness (QED) is 0.0377. The molecule has 2 atom stereocenters. The van der Waals surface area contributed by atoms with Crippen molar-refractivity contribution < 1.29 is 40.9 Å². The van der Waals surface area contributed by atoms with Crippen molar-refractivity contribution >= 4 is 79.8 Å². The molecular formula is C40H50Cl4N10O12. The second-order valence-electron chi connectivity index (χ2n) is 13.8. The Bertz CT molecular complexity index is 2700. The van der Waals surface area contributed by atoms with E-state index in [1.165, 1.54) is 9.13 Å². The molecule has 10 N–H and O–H groups in total. The fourth-order valence-corrected chi connectivity index (χ4v) is 7.39. The minimum atomic E-state index is -1.11. The summed E-state index contributed by atoms with van der Waals surface area (Å²) >= 11 is 23.7. The van der Waals surface area contributed by atoms with Gasteiger partial charge in [-0.2, -0.15) is 9.97 Å². The molecule has 0 fully saturated rings. The van der Waals surface area contributed by atoms with Crippen molar-refractivity contribution in [1.29, 1.82) is 0 Å². The fraction of sp³-hybridized carbons (Fsp3) is 0.400. The second-order valence-corrected chi connectivity index (χ2v) is 15.3. The van der Waals surface area contributed by atoms with Crippen LogP contribution in [0.4, 0.5) is 11.4 Å². The van der Waals surface area contributed by atoms with Crippen LogP contribution in [-0.4, -0.2) is 155 Å². The summed E-state index contributed by atoms with van der Waals surface area (Å²) < 4.78 is 3.05. The van der Waals surface area contributed by atoms with E-state index < -0.39 is 47.9 Å². The van der Waals surface area contributed by atoms with Gasteiger partial charge in [0.1, 0.15) is 25.0 Å². The van der Waals surface area contributed by atoms with Crippen molar-refractivity contribution in [3.63, 3.8) is 0 Å². The van der Waals surface area contributed by atoms with Crippen LogP contribution in [0.25, 0.3) is 45.1 Å². The van der Waals surface area contributed by atoms with Gasteiger partial charge >= 0.3 is 11.4 Å². The lowest BCUT2D eigenvalue weighted by atomic mass is 10.1. The van der Waals surface area contributed by atoms with Gasteiger partial charge in [-0.1, -0.05) is 0 Å². The molecule has 0 radical (unpaired) electrons. The Hall–Kier alpha value is -5.72. The Morgan fingerprint density at radius 1 is 0.576 bits per heavy atom. The number of aromatic nitrogens is 8. The number of H-pyrrole nitrogens is 2. The maximum Gasteiger partial charge on any atom is 0.349 e. The standard InChI is InChI=1S/2C18H21Cl2N5O4.2C2H4O2/c1-10-6-14-12(7-13(10)24(4-2-19)5-3-20)21-15-16(22-18(29)23-17(15)28)25(14)8-11(27)9-26;1-10-6-12-14(7-13(10)24(4-2-19)5-3-20)25(8-11(27)9-26)16-15(21-12)17(28)23-18(29)22-16;2*3-1-2-4/h2*6-7,11,26-27H,2-5,8-9H2,1H3,(H,23,28,29);2*1-4H/b;;2*2-1+. The Kier molecular flexibility index (Phi) is 22.4. The van der Waals surface area contributed by atoms with Crippen LogP contribution >= 0.6 is 46.4 Å². The summed E-state index contributed by atoms with van der Waals surface area (Å²) in [6.07, 6.45) is 0.00509. The summed E-state index contributed by atoms with van der Waals surface area (Å²) in [7, 11) is 0. The van der Waals surface area contributed by atoms with Gasteiger partial charge in [0, 0.05) is 61.1 Å². The lowest BCUT2D eigenvalue weighted by Crippen LogP contribution is -2.31. The first-order valence-corrected chi connectivity index (χ1v) is 21.8. The van der Waals surface area contributed by atoms with E-state index in [1.807, 2.05) is 47.9 Å². The highest BCUT2D eigenvalue weighted by atomic mass is 35.5. The number of fused-ring (bicyclic) bond motifs is 4. The number of aliphatic hydroxyl groups excluding tert-OH is 8. The maximum absolute atomic E-state index is 12.3. The van der Waals surface area contributed by atoms with Crippen molar-refractivity contribution in [2.75, 3.05) is 72.7 Å². The molecule has 2 unspecified atom stereocenters. The topological polar surface area (TPSA) is 330 Å². The number of aromatic amines is 2. The van der Waals surface area contributed by atoms with Gasteiger partial charge in [-0.05, 0) is 49.2 Å². The minimum absolute atomic E-state index is 0.0206. The molecule has 0 bridgehead atoms. The van der Waals surface area contributed by atoms with Gasteiger partial charge in [0.05, 0.1) is 60.6 Å². The van der Waals surface area contributed by atoms with Crippen LogP contribution < -0.4 is 32.3 Å². The van der Waals surface area contributed by atoms with Gasteiger partial charge in [0.2, 0.25) is 0 Å². The first-order chi connectivity index (χ1) is 31.6. The molecule has 0 saturated carbocycles. The Morgan fingerprint density at radius 2 is 0.924 bits per heavy atom. The number of benzene rings is 2. The summed E-state index contributed by atoms with van der Waals surface area (Å²) in [6, 6.07) is 7.30. The number of hydrogen-bond acceptors (Lipinski definition) is 18. The lowest BCUT2D eigenvalue weighted by molar-refractivity contribution is 0.0821. The molecule has 360 valence electrons. The van der Waals surface area contributed by atoms with Crippen molar-refractivity contribution in [2.45, 2.75) is 39.1 Å². The largest absolute Gasteiger partial charge is 0.512 e. The summed E-state index contributed by atoms with van der Waals surface area (Å²) in [5.74, 6) is 1.73. The highest BCUT2D eigenvalue weighted by molar-refractivity contribution is 6.19. The molecule has 2 aromatic carbocycles. The molecule has 66 heavy (non-hydrogen) atoms. The third-order valence-corrected chi connectivity index (χ3v) is 9.97. The van der Waals surface area contributed by atoms with Gasteiger partial charge < -0.3 is 59.8 Å². The average Bonchev–Trinajstić information content (AvgIpc) is 3.29. The zero-order chi connectivity index (χ0) is 49.1. The number of alkyl halides is 4. The van der Waals surface area contributed by atoms with Gasteiger partial charge in [-0.3, -0.25) is 19.6 Å². The molecule has 22 nitrogen and oxygen atoms in total. The normalized spacial score (nSPS) is 12.2. The van der Waals surface area contributed by atoms with Gasteiger partial charge in [-0.25, -0.2) is 19.6 Å². The summed E-state index contributed by atoms with van der Waals surface area (Å²) in [6.45, 7) is 5.02. The van der Waals surface area contributed by atoms with E-state index in [1.54, 1.807) is 0 Å². The van der Waals surface area contributed by atoms with Gasteiger partial charge in [-0.15, -0.1) is 46.4 Å². The van der Waals surface area contributed by atoms with Gasteiger partial charge in [0.15, 0.2) is 23.0 Å². The number of rotatable bonds is 16. The SMILES string of the molecule is Cc1cc2c(cc1N(CCCl)CCCl)nc1c(=O)[nH]c(=O)nc-1n2CC(O)CO.Cc1cc2nc3c(=O)[nH]c(=O)nc-3n(CC(O)CO)c2cc1N(CCCl)CCCl.O/C=C/O.O/C=C/O. The monoisotopic (exact) mass is 1000 g/mol. The predicted octanol–water partition coefficient (Wildman–Crippen LogP) is 2.21. The van der Waals surface area contributed by atoms with Crippen LogP contribution in [0.5, 0.6) is 0 Å². The van der Waals surface area contributed by atoms with Crippen LogP contribution in [-0.2, 0) is 13.1 Å². The molecule has 4 aliphatic heterocycles. The first kappa shape index (κ1) is 54.6. The van der Waals surface area contributed by atoms with Crippen LogP contribution in [0, 0.1) is 13.8 Å². The van der Waals surface area contributed by atoms with Crippen molar-refractivity contribution in [3.05, 3.63) is 102 Å². The van der Waals surface area contributed by atoms with Crippen LogP contribution in [0.1, 0.15) is 11.1 Å². The first-order valence-electron chi connectivity index (χ1n) is 19.7. The predicted molar refractivity (Wildman–Crippen MR) is 254 cm³/mol. The highest BCUT2D eigenvalue weighted by Gasteiger charge is 2.24. The average molecular weight is 1000 g/mol. The number of halogens is 4. The molecule has 0 aromatic heterocycles. The molecule has 4 aliphatic rings. The number of nitrogens with zero attached hydrogens (tertiary/aromatic N) is 8. The summed E-state index contributed by atoms with van der Waals surface area (Å²) in [5.41, 5.74) is 2.61. The molecule has 0 spiro atoms. The lowest BCUT2D eigenvalue weighted by Gasteiger charge is -2.26. The molecule has 26 heteroatoms. The third kappa shape index (κ3) is 14.1. The summed E-state index contributed by atoms with van der Waals surface area (Å²) in [5, 5.41) is 68.4. The van der Waals surface area contributed by atoms with E-state index in [9.17, 15) is 39.6 Å². The Morgan fingerprint density at radius 3 is 1.29 bits per heavy atom. The van der Waals surface area contributed by atoms with Crippen molar-refractivity contribution in [3.8, 4) is 23.0 Å². The van der Waals surface area contributed by atoms with Gasteiger partial charge in [0.25, 0.3) is 11.1 Å². The van der Waals surface area contributed by atoms with Crippen LogP contribution in [0.15, 0.2) is 68.5 Å². The second kappa shape index (κ2) is 27.0. The molecule has 0 amide bonds. The number of aliphatic hydroxyl groups is 8. The molecule has 0 aliphatic carbocycles.